The van der Waals surface area contributed by atoms with Crippen LogP contribution in [0.3, 0.4) is 0 Å². The zero-order valence-corrected chi connectivity index (χ0v) is 17.0. The molecule has 0 unspecified atom stereocenters. The van der Waals surface area contributed by atoms with Crippen LogP contribution < -0.4 is 0 Å². The van der Waals surface area contributed by atoms with Crippen LogP contribution in [0, 0.1) is 12.7 Å². The minimum absolute atomic E-state index is 0.234. The molecule has 0 aliphatic carbocycles. The lowest BCUT2D eigenvalue weighted by molar-refractivity contribution is 0.638. The average Bonchev–Trinajstić information content (AvgIpc) is 3.53. The average molecular weight is 427 g/mol. The number of pyridine rings is 3. The van der Waals surface area contributed by atoms with Crippen molar-refractivity contribution in [1.29, 1.82) is 0 Å². The molecule has 0 saturated heterocycles. The van der Waals surface area contributed by atoms with Gasteiger partial charge < -0.3 is 4.98 Å². The lowest BCUT2D eigenvalue weighted by Crippen LogP contribution is -1.94. The van der Waals surface area contributed by atoms with E-state index in [1.165, 1.54) is 0 Å². The molecule has 0 spiro atoms. The zero-order valence-electron chi connectivity index (χ0n) is 16.2. The Bertz CT molecular complexity index is 1570. The maximum absolute atomic E-state index is 15.7. The van der Waals surface area contributed by atoms with Gasteiger partial charge in [0, 0.05) is 29.7 Å². The number of nitrogens with one attached hydrogen (secondary N) is 2. The number of aryl methyl sites for hydroxylation is 1. The SMILES string of the molecule is Cc1ccncc1-c1ncc2[nH]nc(-c3nc4c(-c5ccsc5)cncc4[nH]3)c2c1F. The molecule has 0 amide bonds. The predicted molar refractivity (Wildman–Crippen MR) is 118 cm³/mol. The predicted octanol–water partition coefficient (Wildman–Crippen LogP) is 5.13. The molecule has 0 aromatic carbocycles. The lowest BCUT2D eigenvalue weighted by Gasteiger charge is -2.06. The Morgan fingerprint density at radius 1 is 0.968 bits per heavy atom. The minimum atomic E-state index is -0.464. The summed E-state index contributed by atoms with van der Waals surface area (Å²) in [7, 11) is 0. The fourth-order valence-corrected chi connectivity index (χ4v) is 4.38. The smallest absolute Gasteiger partial charge is 0.161 e. The van der Waals surface area contributed by atoms with Gasteiger partial charge in [0.2, 0.25) is 0 Å². The Morgan fingerprint density at radius 3 is 2.71 bits per heavy atom. The van der Waals surface area contributed by atoms with E-state index in [9.17, 15) is 0 Å². The van der Waals surface area contributed by atoms with Gasteiger partial charge in [-0.2, -0.15) is 16.4 Å². The van der Waals surface area contributed by atoms with Gasteiger partial charge >= 0.3 is 0 Å². The molecular formula is C22H14FN7S. The molecule has 7 nitrogen and oxygen atoms in total. The summed E-state index contributed by atoms with van der Waals surface area (Å²) in [6.07, 6.45) is 8.36. The van der Waals surface area contributed by atoms with Gasteiger partial charge in [0.15, 0.2) is 11.6 Å². The maximum atomic E-state index is 15.7. The van der Waals surface area contributed by atoms with Gasteiger partial charge in [0.25, 0.3) is 0 Å². The molecule has 9 heteroatoms. The quantitative estimate of drug-likeness (QED) is 0.408. The fourth-order valence-electron chi connectivity index (χ4n) is 3.72. The molecule has 0 aliphatic rings. The van der Waals surface area contributed by atoms with E-state index in [1.807, 2.05) is 29.8 Å². The van der Waals surface area contributed by atoms with Gasteiger partial charge in [-0.05, 0) is 40.9 Å². The van der Waals surface area contributed by atoms with Crippen molar-refractivity contribution >= 4 is 33.3 Å². The number of rotatable bonds is 3. The molecule has 6 aromatic heterocycles. The molecule has 6 heterocycles. The summed E-state index contributed by atoms with van der Waals surface area (Å²) >= 11 is 1.61. The maximum Gasteiger partial charge on any atom is 0.161 e. The molecule has 0 saturated carbocycles. The standard InChI is InChI=1S/C22H14FN7S/c1-11-2-4-24-6-13(11)20-18(23)17-15(9-26-20)29-30-21(17)22-27-16-8-25-7-14(19(16)28-22)12-3-5-31-10-12/h2-10H,1H3,(H,27,28)(H,29,30). The number of hydrogen-bond acceptors (Lipinski definition) is 6. The molecule has 6 rings (SSSR count). The van der Waals surface area contributed by atoms with Crippen LogP contribution in [0.25, 0.3) is 55.8 Å². The van der Waals surface area contributed by atoms with Crippen molar-refractivity contribution in [3.8, 4) is 33.9 Å². The number of aromatic nitrogens is 7. The van der Waals surface area contributed by atoms with E-state index in [0.29, 0.717) is 28.0 Å². The summed E-state index contributed by atoms with van der Waals surface area (Å²) in [5.74, 6) is -0.00122. The second-order valence-electron chi connectivity index (χ2n) is 7.15. The fraction of sp³-hybridized carbons (Fsp3) is 0.0455. The van der Waals surface area contributed by atoms with Gasteiger partial charge in [-0.1, -0.05) is 0 Å². The Hall–Kier alpha value is -3.98. The third-order valence-corrected chi connectivity index (χ3v) is 5.97. The van der Waals surface area contributed by atoms with Crippen molar-refractivity contribution < 1.29 is 4.39 Å². The number of hydrogen-bond donors (Lipinski definition) is 2. The summed E-state index contributed by atoms with van der Waals surface area (Å²) in [5, 5.41) is 11.6. The van der Waals surface area contributed by atoms with Gasteiger partial charge in [-0.15, -0.1) is 0 Å². The summed E-state index contributed by atoms with van der Waals surface area (Å²) < 4.78 is 15.7. The van der Waals surface area contributed by atoms with Crippen molar-refractivity contribution in [3.05, 3.63) is 65.3 Å². The first-order valence-corrected chi connectivity index (χ1v) is 10.4. The molecule has 0 aliphatic heterocycles. The summed E-state index contributed by atoms with van der Waals surface area (Å²) in [6, 6.07) is 3.85. The van der Waals surface area contributed by atoms with E-state index in [2.05, 4.69) is 30.1 Å². The van der Waals surface area contributed by atoms with Crippen LogP contribution in [-0.4, -0.2) is 35.1 Å². The first-order chi connectivity index (χ1) is 15.2. The van der Waals surface area contributed by atoms with Crippen LogP contribution in [0.15, 0.2) is 53.9 Å². The van der Waals surface area contributed by atoms with Crippen LogP contribution >= 0.6 is 11.3 Å². The highest BCUT2D eigenvalue weighted by Gasteiger charge is 2.21. The monoisotopic (exact) mass is 427 g/mol. The number of imidazole rings is 1. The Balaban J connectivity index is 1.57. The highest BCUT2D eigenvalue weighted by molar-refractivity contribution is 7.08. The lowest BCUT2D eigenvalue weighted by atomic mass is 10.1. The molecular weight excluding hydrogens is 413 g/mol. The van der Waals surface area contributed by atoms with Crippen molar-refractivity contribution in [2.45, 2.75) is 6.92 Å². The first kappa shape index (κ1) is 17.8. The second kappa shape index (κ2) is 6.78. The Labute approximate surface area is 179 Å². The van der Waals surface area contributed by atoms with E-state index >= 15 is 4.39 Å². The van der Waals surface area contributed by atoms with E-state index < -0.39 is 5.82 Å². The minimum Gasteiger partial charge on any atom is -0.335 e. The zero-order chi connectivity index (χ0) is 20.9. The van der Waals surface area contributed by atoms with Crippen LogP contribution in [-0.2, 0) is 0 Å². The van der Waals surface area contributed by atoms with Crippen molar-refractivity contribution in [1.82, 2.24) is 35.1 Å². The number of aromatic amines is 2. The van der Waals surface area contributed by atoms with Crippen LogP contribution in [0.2, 0.25) is 0 Å². The van der Waals surface area contributed by atoms with Crippen LogP contribution in [0.1, 0.15) is 5.56 Å². The first-order valence-electron chi connectivity index (χ1n) is 9.51. The van der Waals surface area contributed by atoms with E-state index in [1.54, 1.807) is 42.3 Å². The van der Waals surface area contributed by atoms with Gasteiger partial charge in [0.1, 0.15) is 16.9 Å². The second-order valence-corrected chi connectivity index (χ2v) is 7.93. The van der Waals surface area contributed by atoms with E-state index in [0.717, 1.165) is 27.7 Å². The Morgan fingerprint density at radius 2 is 1.87 bits per heavy atom. The van der Waals surface area contributed by atoms with Crippen molar-refractivity contribution in [3.63, 3.8) is 0 Å². The molecule has 6 aromatic rings. The molecule has 0 bridgehead atoms. The largest absolute Gasteiger partial charge is 0.335 e. The van der Waals surface area contributed by atoms with Crippen molar-refractivity contribution in [2.75, 3.05) is 0 Å². The number of halogens is 1. The molecule has 0 atom stereocenters. The molecule has 2 N–H and O–H groups in total. The number of H-pyrrole nitrogens is 2. The van der Waals surface area contributed by atoms with Gasteiger partial charge in [-0.25, -0.2) is 9.37 Å². The molecule has 0 fully saturated rings. The molecule has 31 heavy (non-hydrogen) atoms. The number of thiophene rings is 1. The van der Waals surface area contributed by atoms with Gasteiger partial charge in [0.05, 0.1) is 28.8 Å². The molecule has 150 valence electrons. The number of fused-ring (bicyclic) bond motifs is 2. The normalized spacial score (nSPS) is 11.5. The van der Waals surface area contributed by atoms with E-state index in [4.69, 9.17) is 4.98 Å². The Kier molecular flexibility index (Phi) is 3.90. The van der Waals surface area contributed by atoms with Gasteiger partial charge in [-0.3, -0.25) is 20.1 Å². The van der Waals surface area contributed by atoms with Crippen LogP contribution in [0.5, 0.6) is 0 Å². The summed E-state index contributed by atoms with van der Waals surface area (Å²) in [4.78, 5) is 20.7. The van der Waals surface area contributed by atoms with Crippen molar-refractivity contribution in [2.24, 2.45) is 0 Å². The summed E-state index contributed by atoms with van der Waals surface area (Å²) in [5.41, 5.74) is 6.12. The summed E-state index contributed by atoms with van der Waals surface area (Å²) in [6.45, 7) is 1.90. The van der Waals surface area contributed by atoms with Crippen LogP contribution in [0.4, 0.5) is 4.39 Å². The topological polar surface area (TPSA) is 96.0 Å². The molecule has 0 radical (unpaired) electrons. The van der Waals surface area contributed by atoms with E-state index in [-0.39, 0.29) is 5.69 Å². The highest BCUT2D eigenvalue weighted by Crippen LogP contribution is 2.34. The third-order valence-electron chi connectivity index (χ3n) is 5.29. The third kappa shape index (κ3) is 2.74. The number of nitrogens with zero attached hydrogens (tertiary/aromatic N) is 5. The highest BCUT2D eigenvalue weighted by atomic mass is 32.1.